The van der Waals surface area contributed by atoms with Crippen molar-refractivity contribution in [3.8, 4) is 0 Å². The lowest BCUT2D eigenvalue weighted by Crippen LogP contribution is -2.39. The van der Waals surface area contributed by atoms with Crippen molar-refractivity contribution in [2.45, 2.75) is 12.6 Å². The van der Waals surface area contributed by atoms with E-state index < -0.39 is 5.66 Å². The Hall–Kier alpha value is -1.92. The molecule has 1 atom stereocenters. The zero-order chi connectivity index (χ0) is 12.8. The molecule has 1 aliphatic heterocycles. The van der Waals surface area contributed by atoms with E-state index in [0.29, 0.717) is 5.82 Å². The molecule has 0 radical (unpaired) electrons. The molecule has 3 rings (SSSR count). The highest BCUT2D eigenvalue weighted by molar-refractivity contribution is 7.18. The Balaban J connectivity index is 2.13. The molecular formula is C12H13N5S. The predicted molar refractivity (Wildman–Crippen MR) is 74.1 cm³/mol. The van der Waals surface area contributed by atoms with Crippen molar-refractivity contribution in [3.63, 3.8) is 0 Å². The van der Waals surface area contributed by atoms with Gasteiger partial charge in [0.25, 0.3) is 0 Å². The van der Waals surface area contributed by atoms with Crippen molar-refractivity contribution in [3.05, 3.63) is 40.7 Å². The summed E-state index contributed by atoms with van der Waals surface area (Å²) in [6, 6.07) is 5.95. The summed E-state index contributed by atoms with van der Waals surface area (Å²) in [4.78, 5) is 8.72. The molecule has 0 saturated carbocycles. The number of nitrogens with two attached hydrogens (primary N) is 2. The Morgan fingerprint density at radius 2 is 2.22 bits per heavy atom. The van der Waals surface area contributed by atoms with Crippen molar-refractivity contribution < 1.29 is 0 Å². The molecule has 1 aromatic carbocycles. The number of thiazole rings is 1. The highest BCUT2D eigenvalue weighted by Gasteiger charge is 2.26. The number of hydrogen-bond donors (Lipinski definition) is 3. The summed E-state index contributed by atoms with van der Waals surface area (Å²) >= 11 is 1.66. The summed E-state index contributed by atoms with van der Waals surface area (Å²) < 4.78 is 1.15. The minimum absolute atomic E-state index is 0.502. The topological polar surface area (TPSA) is 89.3 Å². The van der Waals surface area contributed by atoms with Crippen LogP contribution in [-0.2, 0) is 5.66 Å². The van der Waals surface area contributed by atoms with Gasteiger partial charge in [0.2, 0.25) is 0 Å². The number of nitrogens with one attached hydrogen (secondary N) is 1. The number of nitrogens with zero attached hydrogens (tertiary/aromatic N) is 2. The maximum Gasteiger partial charge on any atom is 0.158 e. The average molecular weight is 259 g/mol. The van der Waals surface area contributed by atoms with Crippen LogP contribution in [0, 0.1) is 6.92 Å². The van der Waals surface area contributed by atoms with Crippen molar-refractivity contribution in [1.29, 1.82) is 0 Å². The first kappa shape index (κ1) is 11.2. The zero-order valence-corrected chi connectivity index (χ0v) is 10.7. The normalized spacial score (nSPS) is 22.9. The molecule has 1 aliphatic rings. The van der Waals surface area contributed by atoms with Crippen LogP contribution in [-0.4, -0.2) is 11.3 Å². The van der Waals surface area contributed by atoms with Crippen LogP contribution in [0.25, 0.3) is 10.2 Å². The van der Waals surface area contributed by atoms with Gasteiger partial charge in [0, 0.05) is 11.6 Å². The summed E-state index contributed by atoms with van der Waals surface area (Å²) in [5.74, 6) is 0.502. The number of benzene rings is 1. The van der Waals surface area contributed by atoms with Crippen LogP contribution in [0.15, 0.2) is 35.1 Å². The molecule has 0 aliphatic carbocycles. The summed E-state index contributed by atoms with van der Waals surface area (Å²) in [5.41, 5.74) is 12.9. The fourth-order valence-electron chi connectivity index (χ4n) is 1.98. The van der Waals surface area contributed by atoms with Crippen LogP contribution in [0.3, 0.4) is 0 Å². The SMILES string of the molecule is Cc1nc2cc(C3(N)C=C(N)NC=N3)ccc2s1. The van der Waals surface area contributed by atoms with Gasteiger partial charge < -0.3 is 11.1 Å². The van der Waals surface area contributed by atoms with Gasteiger partial charge in [-0.2, -0.15) is 0 Å². The van der Waals surface area contributed by atoms with E-state index in [4.69, 9.17) is 11.5 Å². The Morgan fingerprint density at radius 3 is 3.00 bits per heavy atom. The number of aromatic nitrogens is 1. The van der Waals surface area contributed by atoms with Crippen molar-refractivity contribution in [2.24, 2.45) is 16.5 Å². The van der Waals surface area contributed by atoms with Crippen LogP contribution in [0.1, 0.15) is 10.6 Å². The van der Waals surface area contributed by atoms with Crippen LogP contribution in [0.5, 0.6) is 0 Å². The van der Waals surface area contributed by atoms with E-state index in [-0.39, 0.29) is 0 Å². The molecule has 0 fully saturated rings. The fraction of sp³-hybridized carbons (Fsp3) is 0.167. The van der Waals surface area contributed by atoms with Crippen LogP contribution in [0.2, 0.25) is 0 Å². The second-order valence-corrected chi connectivity index (χ2v) is 5.48. The average Bonchev–Trinajstić information content (AvgIpc) is 2.67. The Labute approximate surface area is 108 Å². The number of hydrogen-bond acceptors (Lipinski definition) is 6. The largest absolute Gasteiger partial charge is 0.385 e. The van der Waals surface area contributed by atoms with Gasteiger partial charge in [0.15, 0.2) is 5.66 Å². The summed E-state index contributed by atoms with van der Waals surface area (Å²) in [6.45, 7) is 1.99. The first-order valence-electron chi connectivity index (χ1n) is 5.52. The van der Waals surface area contributed by atoms with E-state index in [0.717, 1.165) is 20.8 Å². The Bertz CT molecular complexity index is 672. The molecule has 2 aromatic rings. The first-order valence-corrected chi connectivity index (χ1v) is 6.34. The number of aliphatic imine (C=N–C) groups is 1. The maximum atomic E-state index is 6.25. The molecule has 0 saturated heterocycles. The lowest BCUT2D eigenvalue weighted by Gasteiger charge is -2.25. The molecule has 18 heavy (non-hydrogen) atoms. The quantitative estimate of drug-likeness (QED) is 0.716. The molecule has 2 heterocycles. The zero-order valence-electron chi connectivity index (χ0n) is 9.84. The molecule has 1 unspecified atom stereocenters. The fourth-order valence-corrected chi connectivity index (χ4v) is 2.79. The van der Waals surface area contributed by atoms with E-state index >= 15 is 0 Å². The van der Waals surface area contributed by atoms with Crippen molar-refractivity contribution >= 4 is 27.9 Å². The Morgan fingerprint density at radius 1 is 1.39 bits per heavy atom. The molecule has 1 aromatic heterocycles. The number of aryl methyl sites for hydroxylation is 1. The van der Waals surface area contributed by atoms with Crippen LogP contribution < -0.4 is 16.8 Å². The van der Waals surface area contributed by atoms with Gasteiger partial charge in [-0.1, -0.05) is 6.07 Å². The molecule has 0 amide bonds. The van der Waals surface area contributed by atoms with Gasteiger partial charge in [-0.3, -0.25) is 5.73 Å². The second-order valence-electron chi connectivity index (χ2n) is 4.24. The van der Waals surface area contributed by atoms with Crippen molar-refractivity contribution in [2.75, 3.05) is 0 Å². The van der Waals surface area contributed by atoms with Crippen LogP contribution >= 0.6 is 11.3 Å². The van der Waals surface area contributed by atoms with Gasteiger partial charge in [-0.25, -0.2) is 9.98 Å². The minimum atomic E-state index is -0.916. The standard InChI is InChI=1S/C12H13N5S/c1-7-17-9-4-8(2-3-10(9)18-7)12(14)5-11(13)15-6-16-12/h2-6H,13-14H2,1H3,(H,15,16). The van der Waals surface area contributed by atoms with Crippen molar-refractivity contribution in [1.82, 2.24) is 10.3 Å². The molecular weight excluding hydrogens is 246 g/mol. The lowest BCUT2D eigenvalue weighted by molar-refractivity contribution is 0.579. The van der Waals surface area contributed by atoms with Gasteiger partial charge >= 0.3 is 0 Å². The monoisotopic (exact) mass is 259 g/mol. The molecule has 5 nitrogen and oxygen atoms in total. The first-order chi connectivity index (χ1) is 8.57. The molecule has 6 heteroatoms. The van der Waals surface area contributed by atoms with Gasteiger partial charge in [0.05, 0.1) is 21.6 Å². The van der Waals surface area contributed by atoms with E-state index in [9.17, 15) is 0 Å². The van der Waals surface area contributed by atoms with E-state index in [1.807, 2.05) is 25.1 Å². The summed E-state index contributed by atoms with van der Waals surface area (Å²) in [6.07, 6.45) is 3.22. The van der Waals surface area contributed by atoms with E-state index in [2.05, 4.69) is 15.3 Å². The molecule has 0 spiro atoms. The second kappa shape index (κ2) is 3.79. The number of rotatable bonds is 1. The van der Waals surface area contributed by atoms with Gasteiger partial charge in [-0.15, -0.1) is 11.3 Å². The highest BCUT2D eigenvalue weighted by atomic mass is 32.1. The van der Waals surface area contributed by atoms with E-state index in [1.54, 1.807) is 17.4 Å². The predicted octanol–water partition coefficient (Wildman–Crippen LogP) is 1.15. The van der Waals surface area contributed by atoms with Gasteiger partial charge in [0.1, 0.15) is 5.82 Å². The molecule has 92 valence electrons. The Kier molecular flexibility index (Phi) is 2.36. The lowest BCUT2D eigenvalue weighted by atomic mass is 9.99. The van der Waals surface area contributed by atoms with Crippen LogP contribution in [0.4, 0.5) is 0 Å². The van der Waals surface area contributed by atoms with Gasteiger partial charge in [-0.05, 0) is 19.1 Å². The summed E-state index contributed by atoms with van der Waals surface area (Å²) in [5, 5.41) is 3.84. The molecule has 0 bridgehead atoms. The maximum absolute atomic E-state index is 6.25. The third kappa shape index (κ3) is 1.75. The number of fused-ring (bicyclic) bond motifs is 1. The third-order valence-electron chi connectivity index (χ3n) is 2.84. The minimum Gasteiger partial charge on any atom is -0.385 e. The molecule has 5 N–H and O–H groups in total. The smallest absolute Gasteiger partial charge is 0.158 e. The summed E-state index contributed by atoms with van der Waals surface area (Å²) in [7, 11) is 0. The third-order valence-corrected chi connectivity index (χ3v) is 3.79. The highest BCUT2D eigenvalue weighted by Crippen LogP contribution is 2.29. The van der Waals surface area contributed by atoms with E-state index in [1.165, 1.54) is 6.34 Å².